The Kier molecular flexibility index (Phi) is 5.79. The summed E-state index contributed by atoms with van der Waals surface area (Å²) in [6, 6.07) is 10.5. The van der Waals surface area contributed by atoms with E-state index in [2.05, 4.69) is 11.4 Å². The number of nitrogens with zero attached hydrogens (tertiary/aromatic N) is 3. The van der Waals surface area contributed by atoms with Gasteiger partial charge in [-0.1, -0.05) is 36.4 Å². The molecule has 160 valence electrons. The van der Waals surface area contributed by atoms with Crippen LogP contribution in [0.4, 0.5) is 13.2 Å². The van der Waals surface area contributed by atoms with E-state index in [9.17, 15) is 18.4 Å². The van der Waals surface area contributed by atoms with Crippen LogP contribution in [0.2, 0.25) is 0 Å². The topological polar surface area (TPSA) is 42.3 Å². The van der Waals surface area contributed by atoms with Crippen molar-refractivity contribution in [3.8, 4) is 6.07 Å². The van der Waals surface area contributed by atoms with Crippen molar-refractivity contribution in [3.63, 3.8) is 0 Å². The largest absolute Gasteiger partial charge is 0.399 e. The van der Waals surface area contributed by atoms with Gasteiger partial charge < -0.3 is 15.1 Å². The van der Waals surface area contributed by atoms with E-state index in [-0.39, 0.29) is 5.70 Å². The van der Waals surface area contributed by atoms with Gasteiger partial charge in [-0.3, -0.25) is 0 Å². The van der Waals surface area contributed by atoms with Crippen LogP contribution in [-0.2, 0) is 5.41 Å². The van der Waals surface area contributed by atoms with Crippen molar-refractivity contribution in [2.45, 2.75) is 30.9 Å². The monoisotopic (exact) mass is 416 g/mol. The van der Waals surface area contributed by atoms with E-state index < -0.39 is 17.5 Å². The number of allylic oxidation sites excluding steroid dienone is 3. The highest BCUT2D eigenvalue weighted by Crippen LogP contribution is 2.52. The van der Waals surface area contributed by atoms with Crippen molar-refractivity contribution in [1.82, 2.24) is 15.1 Å². The summed E-state index contributed by atoms with van der Waals surface area (Å²) < 4.78 is 44.3. The molecule has 2 atom stereocenters. The predicted molar refractivity (Wildman–Crippen MR) is 109 cm³/mol. The molecular weight excluding hydrogens is 389 g/mol. The van der Waals surface area contributed by atoms with Gasteiger partial charge >= 0.3 is 6.18 Å². The number of halogens is 3. The summed E-state index contributed by atoms with van der Waals surface area (Å²) in [5.41, 5.74) is -0.483. The molecule has 3 aliphatic rings. The van der Waals surface area contributed by atoms with Gasteiger partial charge in [0.2, 0.25) is 0 Å². The van der Waals surface area contributed by atoms with Crippen molar-refractivity contribution < 1.29 is 13.2 Å². The molecule has 2 saturated heterocycles. The van der Waals surface area contributed by atoms with E-state index in [0.717, 1.165) is 32.4 Å². The predicted octanol–water partition coefficient (Wildman–Crippen LogP) is 3.80. The van der Waals surface area contributed by atoms with Gasteiger partial charge in [0.25, 0.3) is 0 Å². The molecule has 1 aliphatic carbocycles. The van der Waals surface area contributed by atoms with E-state index in [1.807, 2.05) is 9.80 Å². The second-order valence-electron chi connectivity index (χ2n) is 8.21. The standard InChI is InChI=1S/C23H27F3N4/c24-23(25,26)21-20(30-13-5-2-6-14-30)19(29-15-11-28-12-16-29)9-10-22(21,17-27)18-7-3-1-4-8-18/h1,3-4,7-10,21,28H,2,5-6,11-16H2. The van der Waals surface area contributed by atoms with Crippen LogP contribution in [-0.4, -0.2) is 55.2 Å². The van der Waals surface area contributed by atoms with Crippen LogP contribution in [0.15, 0.2) is 53.9 Å². The maximum Gasteiger partial charge on any atom is 0.399 e. The van der Waals surface area contributed by atoms with Crippen LogP contribution >= 0.6 is 0 Å². The molecular formula is C23H27F3N4. The molecule has 0 amide bonds. The maximum absolute atomic E-state index is 14.8. The van der Waals surface area contributed by atoms with Gasteiger partial charge in [-0.2, -0.15) is 18.4 Å². The summed E-state index contributed by atoms with van der Waals surface area (Å²) in [5.74, 6) is -1.90. The number of piperidine rings is 1. The van der Waals surface area contributed by atoms with Crippen molar-refractivity contribution in [2.24, 2.45) is 5.92 Å². The molecule has 2 fully saturated rings. The lowest BCUT2D eigenvalue weighted by molar-refractivity contribution is -0.179. The lowest BCUT2D eigenvalue weighted by Gasteiger charge is -2.47. The minimum Gasteiger partial charge on any atom is -0.373 e. The summed E-state index contributed by atoms with van der Waals surface area (Å²) in [7, 11) is 0. The third kappa shape index (κ3) is 3.69. The molecule has 0 bridgehead atoms. The molecule has 1 aromatic carbocycles. The van der Waals surface area contributed by atoms with E-state index in [4.69, 9.17) is 0 Å². The van der Waals surface area contributed by atoms with Crippen LogP contribution in [0.3, 0.4) is 0 Å². The minimum atomic E-state index is -4.55. The summed E-state index contributed by atoms with van der Waals surface area (Å²) in [6.45, 7) is 4.00. The van der Waals surface area contributed by atoms with E-state index in [1.54, 1.807) is 36.4 Å². The fraction of sp³-hybridized carbons (Fsp3) is 0.522. The van der Waals surface area contributed by atoms with E-state index in [1.165, 1.54) is 6.08 Å². The van der Waals surface area contributed by atoms with Crippen LogP contribution in [0.1, 0.15) is 24.8 Å². The van der Waals surface area contributed by atoms with Gasteiger partial charge in [-0.15, -0.1) is 0 Å². The Balaban J connectivity index is 1.91. The van der Waals surface area contributed by atoms with Crippen LogP contribution in [0, 0.1) is 17.2 Å². The Hall–Kier alpha value is -2.46. The van der Waals surface area contributed by atoms with Crippen LogP contribution in [0.5, 0.6) is 0 Å². The molecule has 2 aliphatic heterocycles. The molecule has 2 unspecified atom stereocenters. The number of likely N-dealkylation sites (tertiary alicyclic amines) is 1. The SMILES string of the molecule is N#CC1(c2ccccc2)C=CC(N2CCNCC2)=C(N2CCCCC2)C1C(F)(F)F. The molecule has 0 saturated carbocycles. The second-order valence-corrected chi connectivity index (χ2v) is 8.21. The lowest BCUT2D eigenvalue weighted by atomic mass is 9.66. The molecule has 7 heteroatoms. The van der Waals surface area contributed by atoms with Crippen LogP contribution in [0.25, 0.3) is 0 Å². The zero-order chi connectivity index (χ0) is 21.2. The highest BCUT2D eigenvalue weighted by Gasteiger charge is 2.59. The molecule has 30 heavy (non-hydrogen) atoms. The number of benzene rings is 1. The van der Waals surface area contributed by atoms with Gasteiger partial charge in [0.05, 0.1) is 17.5 Å². The smallest absolute Gasteiger partial charge is 0.373 e. The molecule has 4 rings (SSSR count). The lowest BCUT2D eigenvalue weighted by Crippen LogP contribution is -2.52. The maximum atomic E-state index is 14.8. The fourth-order valence-electron chi connectivity index (χ4n) is 4.96. The third-order valence-electron chi connectivity index (χ3n) is 6.41. The number of piperazine rings is 1. The minimum absolute atomic E-state index is 0.275. The molecule has 1 aromatic rings. The number of alkyl halides is 3. The second kappa shape index (κ2) is 8.35. The third-order valence-corrected chi connectivity index (χ3v) is 6.41. The Morgan fingerprint density at radius 1 is 0.967 bits per heavy atom. The molecule has 4 nitrogen and oxygen atoms in total. The number of hydrogen-bond donors (Lipinski definition) is 1. The Morgan fingerprint density at radius 3 is 2.23 bits per heavy atom. The first-order valence-corrected chi connectivity index (χ1v) is 10.6. The molecule has 1 N–H and O–H groups in total. The number of nitriles is 1. The van der Waals surface area contributed by atoms with Gasteiger partial charge in [-0.25, -0.2) is 0 Å². The number of rotatable bonds is 3. The van der Waals surface area contributed by atoms with Gasteiger partial charge in [0.15, 0.2) is 0 Å². The first-order chi connectivity index (χ1) is 14.5. The van der Waals surface area contributed by atoms with Gasteiger partial charge in [0, 0.05) is 39.3 Å². The zero-order valence-corrected chi connectivity index (χ0v) is 17.0. The summed E-state index contributed by atoms with van der Waals surface area (Å²) in [4.78, 5) is 3.94. The summed E-state index contributed by atoms with van der Waals surface area (Å²) in [6.07, 6.45) is 1.48. The Morgan fingerprint density at radius 2 is 1.63 bits per heavy atom. The summed E-state index contributed by atoms with van der Waals surface area (Å²) >= 11 is 0. The molecule has 0 spiro atoms. The highest BCUT2D eigenvalue weighted by atomic mass is 19.4. The molecule has 2 heterocycles. The van der Waals surface area contributed by atoms with Crippen molar-refractivity contribution in [1.29, 1.82) is 5.26 Å². The zero-order valence-electron chi connectivity index (χ0n) is 17.0. The quantitative estimate of drug-likeness (QED) is 0.814. The average molecular weight is 416 g/mol. The van der Waals surface area contributed by atoms with Crippen LogP contribution < -0.4 is 5.32 Å². The fourth-order valence-corrected chi connectivity index (χ4v) is 4.96. The Bertz CT molecular complexity index is 843. The van der Waals surface area contributed by atoms with E-state index >= 15 is 0 Å². The normalized spacial score (nSPS) is 27.9. The van der Waals surface area contributed by atoms with Gasteiger partial charge in [-0.05, 0) is 30.9 Å². The van der Waals surface area contributed by atoms with Gasteiger partial charge in [0.1, 0.15) is 11.3 Å². The number of hydrogen-bond acceptors (Lipinski definition) is 4. The highest BCUT2D eigenvalue weighted by molar-refractivity contribution is 5.50. The average Bonchev–Trinajstić information content (AvgIpc) is 2.79. The number of nitrogens with one attached hydrogen (secondary N) is 1. The first kappa shape index (κ1) is 20.8. The molecule has 0 aromatic heterocycles. The van der Waals surface area contributed by atoms with Crippen molar-refractivity contribution in [2.75, 3.05) is 39.3 Å². The first-order valence-electron chi connectivity index (χ1n) is 10.6. The Labute approximate surface area is 175 Å². The molecule has 0 radical (unpaired) electrons. The summed E-state index contributed by atoms with van der Waals surface area (Å²) in [5, 5.41) is 13.4. The van der Waals surface area contributed by atoms with Crippen molar-refractivity contribution in [3.05, 3.63) is 59.4 Å². The van der Waals surface area contributed by atoms with Crippen molar-refractivity contribution >= 4 is 0 Å². The van der Waals surface area contributed by atoms with E-state index in [0.29, 0.717) is 37.4 Å².